The van der Waals surface area contributed by atoms with E-state index in [-0.39, 0.29) is 17.1 Å². The minimum absolute atomic E-state index is 0. The van der Waals surface area contributed by atoms with Crippen LogP contribution < -0.4 is 0 Å². The Labute approximate surface area is 76.9 Å². The smallest absolute Gasteiger partial charge is 0.759 e. The molecule has 5 nitrogen and oxygen atoms in total. The van der Waals surface area contributed by atoms with Gasteiger partial charge in [0.25, 0.3) is 0 Å². The Morgan fingerprint density at radius 1 is 1.18 bits per heavy atom. The van der Waals surface area contributed by atoms with Gasteiger partial charge in [0.15, 0.2) is 0 Å². The summed E-state index contributed by atoms with van der Waals surface area (Å²) in [6.07, 6.45) is 0. The second-order valence-electron chi connectivity index (χ2n) is 2.58. The topological polar surface area (TPSA) is 100 Å². The van der Waals surface area contributed by atoms with Crippen molar-refractivity contribution < 1.29 is 39.7 Å². The van der Waals surface area contributed by atoms with E-state index in [0.717, 1.165) is 0 Å². The van der Waals surface area contributed by atoms with Gasteiger partial charge in [0, 0.05) is 10.4 Å². The van der Waals surface area contributed by atoms with Crippen molar-refractivity contribution in [1.29, 1.82) is 0 Å². The van der Waals surface area contributed by atoms with Crippen LogP contribution in [0.5, 0.6) is 0 Å². The second kappa shape index (κ2) is 5.93. The molecule has 0 aliphatic rings. The van der Waals surface area contributed by atoms with Gasteiger partial charge in [0.05, 0.1) is 5.60 Å². The molecule has 0 heterocycles. The van der Waals surface area contributed by atoms with Gasteiger partial charge in [0.2, 0.25) is 0 Å². The summed E-state index contributed by atoms with van der Waals surface area (Å²) in [5.41, 5.74) is -0.500. The maximum atomic E-state index is 8.52. The molecule has 1 N–H and O–H groups in total. The Morgan fingerprint density at radius 3 is 1.18 bits per heavy atom. The molecule has 0 unspecified atom stereocenters. The van der Waals surface area contributed by atoms with Crippen molar-refractivity contribution in [3.8, 4) is 0 Å². The molecule has 0 aromatic heterocycles. The predicted octanol–water partition coefficient (Wildman–Crippen LogP) is -0.563. The number of hydrogen-bond donors (Lipinski definition) is 1. The summed E-state index contributed by atoms with van der Waals surface area (Å²) >= 11 is 0. The molecule has 7 heteroatoms. The SMILES string of the molecule is CC(C)(C)O.O=S(=O)([O-])[O-].[Cu+2]. The Morgan fingerprint density at radius 2 is 1.18 bits per heavy atom. The third-order valence-electron chi connectivity index (χ3n) is 0. The van der Waals surface area contributed by atoms with Crippen LogP contribution in [0.15, 0.2) is 0 Å². The summed E-state index contributed by atoms with van der Waals surface area (Å²) in [4.78, 5) is 0. The summed E-state index contributed by atoms with van der Waals surface area (Å²) in [5, 5.41) is 8.52. The summed E-state index contributed by atoms with van der Waals surface area (Å²) in [7, 11) is -5.17. The van der Waals surface area contributed by atoms with Gasteiger partial charge < -0.3 is 14.2 Å². The van der Waals surface area contributed by atoms with Gasteiger partial charge in [-0.25, -0.2) is 0 Å². The van der Waals surface area contributed by atoms with Crippen LogP contribution in [0.25, 0.3) is 0 Å². The van der Waals surface area contributed by atoms with Gasteiger partial charge in [-0.3, -0.25) is 8.42 Å². The van der Waals surface area contributed by atoms with E-state index in [1.165, 1.54) is 0 Å². The van der Waals surface area contributed by atoms with E-state index < -0.39 is 16.0 Å². The Hall–Kier alpha value is 0.349. The zero-order valence-electron chi connectivity index (χ0n) is 6.29. The van der Waals surface area contributed by atoms with Crippen LogP contribution in [0.1, 0.15) is 20.8 Å². The van der Waals surface area contributed by atoms with E-state index in [1.807, 2.05) is 0 Å². The van der Waals surface area contributed by atoms with E-state index in [0.29, 0.717) is 0 Å². The van der Waals surface area contributed by atoms with Crippen LogP contribution >= 0.6 is 0 Å². The first-order chi connectivity index (χ1) is 4.00. The van der Waals surface area contributed by atoms with Gasteiger partial charge in [0.1, 0.15) is 0 Å². The van der Waals surface area contributed by atoms with Crippen molar-refractivity contribution in [3.05, 3.63) is 0 Å². The number of rotatable bonds is 0. The van der Waals surface area contributed by atoms with Gasteiger partial charge in [-0.05, 0) is 20.8 Å². The molecular formula is C4H10CuO5S. The summed E-state index contributed by atoms with van der Waals surface area (Å²) < 4.78 is 34.1. The molecule has 0 bridgehead atoms. The van der Waals surface area contributed by atoms with Crippen molar-refractivity contribution in [3.63, 3.8) is 0 Å². The van der Waals surface area contributed by atoms with E-state index >= 15 is 0 Å². The molecule has 0 saturated carbocycles. The molecule has 0 aliphatic carbocycles. The van der Waals surface area contributed by atoms with Crippen molar-refractivity contribution in [2.24, 2.45) is 0 Å². The fraction of sp³-hybridized carbons (Fsp3) is 1.00. The maximum Gasteiger partial charge on any atom is 2.00 e. The van der Waals surface area contributed by atoms with E-state index in [9.17, 15) is 0 Å². The fourth-order valence-electron chi connectivity index (χ4n) is 0. The van der Waals surface area contributed by atoms with Crippen LogP contribution in [0.3, 0.4) is 0 Å². The summed E-state index contributed by atoms with van der Waals surface area (Å²) in [5.74, 6) is 0. The normalized spacial score (nSPS) is 10.7. The number of aliphatic hydroxyl groups is 1. The van der Waals surface area contributed by atoms with Crippen LogP contribution in [0.2, 0.25) is 0 Å². The first kappa shape index (κ1) is 17.4. The first-order valence-electron chi connectivity index (χ1n) is 2.39. The zero-order chi connectivity index (χ0) is 9.00. The van der Waals surface area contributed by atoms with E-state index in [1.54, 1.807) is 20.8 Å². The largest absolute Gasteiger partial charge is 2.00 e. The van der Waals surface area contributed by atoms with Gasteiger partial charge in [-0.15, -0.1) is 0 Å². The molecule has 11 heavy (non-hydrogen) atoms. The van der Waals surface area contributed by atoms with Crippen LogP contribution in [-0.4, -0.2) is 28.2 Å². The molecule has 0 saturated heterocycles. The molecule has 0 rings (SSSR count). The molecule has 0 aromatic rings. The molecule has 73 valence electrons. The minimum Gasteiger partial charge on any atom is -0.759 e. The van der Waals surface area contributed by atoms with Crippen molar-refractivity contribution in [1.82, 2.24) is 0 Å². The Balaban J connectivity index is -0.000000107. The molecule has 0 aromatic carbocycles. The van der Waals surface area contributed by atoms with Crippen molar-refractivity contribution >= 4 is 10.4 Å². The minimum atomic E-state index is -5.17. The molecule has 0 amide bonds. The zero-order valence-corrected chi connectivity index (χ0v) is 8.05. The third kappa shape index (κ3) is 5910. The monoisotopic (exact) mass is 233 g/mol. The summed E-state index contributed by atoms with van der Waals surface area (Å²) in [6.45, 7) is 5.23. The Bertz CT molecular complexity index is 153. The van der Waals surface area contributed by atoms with Crippen LogP contribution in [-0.2, 0) is 27.5 Å². The Kier molecular flexibility index (Phi) is 9.40. The summed E-state index contributed by atoms with van der Waals surface area (Å²) in [6, 6.07) is 0. The molecular weight excluding hydrogens is 224 g/mol. The molecule has 1 radical (unpaired) electrons. The second-order valence-corrected chi connectivity index (χ2v) is 3.40. The molecule has 0 spiro atoms. The van der Waals surface area contributed by atoms with Crippen molar-refractivity contribution in [2.75, 3.05) is 0 Å². The third-order valence-corrected chi connectivity index (χ3v) is 0. The standard InChI is InChI=1S/C4H10O.Cu.H2O4S/c1-4(2,3)5;;1-5(2,3)4/h5H,1-3H3;;(H2,1,2,3,4)/q;+2;/p-2. The van der Waals surface area contributed by atoms with Gasteiger partial charge >= 0.3 is 17.1 Å². The van der Waals surface area contributed by atoms with E-state index in [4.69, 9.17) is 22.6 Å². The fourth-order valence-corrected chi connectivity index (χ4v) is 0. The van der Waals surface area contributed by atoms with Crippen LogP contribution in [0.4, 0.5) is 0 Å². The number of hydrogen-bond acceptors (Lipinski definition) is 5. The molecule has 0 aliphatic heterocycles. The average molecular weight is 234 g/mol. The van der Waals surface area contributed by atoms with E-state index in [2.05, 4.69) is 0 Å². The predicted molar refractivity (Wildman–Crippen MR) is 32.4 cm³/mol. The first-order valence-corrected chi connectivity index (χ1v) is 3.72. The quantitative estimate of drug-likeness (QED) is 0.343. The molecule has 0 fully saturated rings. The maximum absolute atomic E-state index is 8.52. The average Bonchev–Trinajstić information content (AvgIpc) is 1.12. The molecule has 0 atom stereocenters. The van der Waals surface area contributed by atoms with Crippen LogP contribution in [0, 0.1) is 0 Å². The van der Waals surface area contributed by atoms with Gasteiger partial charge in [-0.2, -0.15) is 0 Å². The van der Waals surface area contributed by atoms with Gasteiger partial charge in [-0.1, -0.05) is 0 Å². The van der Waals surface area contributed by atoms with Crippen molar-refractivity contribution in [2.45, 2.75) is 26.4 Å².